The smallest absolute Gasteiger partial charge is 0.153 e. The number of para-hydroxylation sites is 3. The average molecular weight is 321 g/mol. The van der Waals surface area contributed by atoms with Crippen molar-refractivity contribution in [3.05, 3.63) is 78.4 Å². The molecule has 3 aromatic carbocycles. The van der Waals surface area contributed by atoms with Gasteiger partial charge >= 0.3 is 0 Å². The van der Waals surface area contributed by atoms with Crippen LogP contribution in [0.25, 0.3) is 0 Å². The first-order valence-electron chi connectivity index (χ1n) is 7.14. The predicted octanol–water partition coefficient (Wildman–Crippen LogP) is 5.10. The highest BCUT2D eigenvalue weighted by atomic mass is 32.2. The second kappa shape index (κ2) is 7.03. The molecule has 0 fully saturated rings. The standard InChI is InChI=1S/C12H9NS.C7H6O2/c1-3-7-11-9(5-1)13-10-6-2-4-8-12(10)14-11;8-5-6-3-1-2-4-7(6)9/h1-8,13H;1-5,9H. The van der Waals surface area contributed by atoms with Crippen LogP contribution in [-0.4, -0.2) is 11.4 Å². The number of phenols is 1. The summed E-state index contributed by atoms with van der Waals surface area (Å²) in [5.74, 6) is 0.0347. The zero-order valence-corrected chi connectivity index (χ0v) is 13.1. The largest absolute Gasteiger partial charge is 0.507 e. The summed E-state index contributed by atoms with van der Waals surface area (Å²) in [6.45, 7) is 0. The molecular formula is C19H15NO2S. The number of anilines is 2. The Balaban J connectivity index is 0.000000151. The van der Waals surface area contributed by atoms with E-state index in [1.807, 2.05) is 11.8 Å². The Kier molecular flexibility index (Phi) is 4.64. The van der Waals surface area contributed by atoms with Crippen LogP contribution in [0.5, 0.6) is 5.75 Å². The molecule has 0 atom stereocenters. The summed E-state index contributed by atoms with van der Waals surface area (Å²) in [5.41, 5.74) is 2.74. The van der Waals surface area contributed by atoms with Gasteiger partial charge in [-0.1, -0.05) is 48.2 Å². The van der Waals surface area contributed by atoms with Crippen LogP contribution >= 0.6 is 11.8 Å². The van der Waals surface area contributed by atoms with Crippen molar-refractivity contribution in [2.75, 3.05) is 5.32 Å². The Hall–Kier alpha value is -2.72. The van der Waals surface area contributed by atoms with Crippen molar-refractivity contribution in [2.45, 2.75) is 9.79 Å². The van der Waals surface area contributed by atoms with E-state index in [1.165, 1.54) is 27.2 Å². The molecule has 0 saturated carbocycles. The molecule has 1 aliphatic rings. The lowest BCUT2D eigenvalue weighted by Crippen LogP contribution is -1.98. The molecule has 0 radical (unpaired) electrons. The lowest BCUT2D eigenvalue weighted by Gasteiger charge is -2.19. The van der Waals surface area contributed by atoms with Gasteiger partial charge in [-0.25, -0.2) is 0 Å². The molecule has 4 heteroatoms. The van der Waals surface area contributed by atoms with E-state index >= 15 is 0 Å². The Bertz CT molecular complexity index is 745. The van der Waals surface area contributed by atoms with Gasteiger partial charge in [-0.05, 0) is 36.4 Å². The van der Waals surface area contributed by atoms with E-state index in [4.69, 9.17) is 5.11 Å². The van der Waals surface area contributed by atoms with Crippen molar-refractivity contribution in [1.29, 1.82) is 0 Å². The minimum absolute atomic E-state index is 0.0347. The maximum atomic E-state index is 10.1. The van der Waals surface area contributed by atoms with Gasteiger partial charge in [0.25, 0.3) is 0 Å². The van der Waals surface area contributed by atoms with Crippen LogP contribution in [0, 0.1) is 0 Å². The molecule has 0 spiro atoms. The third-order valence-electron chi connectivity index (χ3n) is 3.33. The Morgan fingerprint density at radius 1 is 0.783 bits per heavy atom. The molecule has 0 aliphatic carbocycles. The maximum absolute atomic E-state index is 10.1. The number of carbonyl (C=O) groups is 1. The van der Waals surface area contributed by atoms with Gasteiger partial charge in [0, 0.05) is 9.79 Å². The van der Waals surface area contributed by atoms with E-state index in [-0.39, 0.29) is 5.75 Å². The second-order valence-corrected chi connectivity index (χ2v) is 5.98. The van der Waals surface area contributed by atoms with Crippen LogP contribution in [0.3, 0.4) is 0 Å². The Morgan fingerprint density at radius 3 is 1.83 bits per heavy atom. The monoisotopic (exact) mass is 321 g/mol. The number of fused-ring (bicyclic) bond motifs is 2. The molecule has 23 heavy (non-hydrogen) atoms. The van der Waals surface area contributed by atoms with Crippen LogP contribution in [-0.2, 0) is 0 Å². The number of hydrogen-bond donors (Lipinski definition) is 2. The maximum Gasteiger partial charge on any atom is 0.153 e. The van der Waals surface area contributed by atoms with Crippen molar-refractivity contribution >= 4 is 29.4 Å². The van der Waals surface area contributed by atoms with E-state index in [2.05, 4.69) is 53.8 Å². The summed E-state index contributed by atoms with van der Waals surface area (Å²) in [6, 6.07) is 23.2. The summed E-state index contributed by atoms with van der Waals surface area (Å²) >= 11 is 1.82. The van der Waals surface area contributed by atoms with Gasteiger partial charge < -0.3 is 10.4 Å². The number of nitrogens with one attached hydrogen (secondary N) is 1. The van der Waals surface area contributed by atoms with Crippen LogP contribution in [0.15, 0.2) is 82.6 Å². The first-order chi connectivity index (χ1) is 11.3. The summed E-state index contributed by atoms with van der Waals surface area (Å²) in [7, 11) is 0. The summed E-state index contributed by atoms with van der Waals surface area (Å²) in [5, 5.41) is 12.3. The molecule has 3 nitrogen and oxygen atoms in total. The highest BCUT2D eigenvalue weighted by molar-refractivity contribution is 7.99. The summed E-state index contributed by atoms with van der Waals surface area (Å²) in [4.78, 5) is 12.7. The first kappa shape index (κ1) is 15.2. The number of rotatable bonds is 1. The Labute approximate surface area is 139 Å². The van der Waals surface area contributed by atoms with E-state index in [0.29, 0.717) is 11.8 Å². The minimum Gasteiger partial charge on any atom is -0.507 e. The molecule has 0 aromatic heterocycles. The second-order valence-electron chi connectivity index (χ2n) is 4.90. The third kappa shape index (κ3) is 3.55. The predicted molar refractivity (Wildman–Crippen MR) is 93.8 cm³/mol. The van der Waals surface area contributed by atoms with Gasteiger partial charge in [-0.2, -0.15) is 0 Å². The number of aromatic hydroxyl groups is 1. The van der Waals surface area contributed by atoms with Gasteiger partial charge in [-0.15, -0.1) is 0 Å². The van der Waals surface area contributed by atoms with Crippen LogP contribution in [0.2, 0.25) is 0 Å². The molecule has 4 rings (SSSR count). The lowest BCUT2D eigenvalue weighted by molar-refractivity contribution is 0.112. The fraction of sp³-hybridized carbons (Fsp3) is 0. The molecule has 0 bridgehead atoms. The molecule has 0 amide bonds. The molecule has 3 aromatic rings. The normalized spacial score (nSPS) is 11.1. The molecule has 0 saturated heterocycles. The number of aldehydes is 1. The summed E-state index contributed by atoms with van der Waals surface area (Å²) in [6.07, 6.45) is 0.620. The first-order valence-corrected chi connectivity index (χ1v) is 7.95. The van der Waals surface area contributed by atoms with Crippen LogP contribution in [0.4, 0.5) is 11.4 Å². The molecule has 1 heterocycles. The van der Waals surface area contributed by atoms with Gasteiger partial charge in [0.1, 0.15) is 5.75 Å². The number of hydrogen-bond acceptors (Lipinski definition) is 4. The van der Waals surface area contributed by atoms with E-state index in [9.17, 15) is 4.79 Å². The van der Waals surface area contributed by atoms with Crippen molar-refractivity contribution < 1.29 is 9.90 Å². The van der Waals surface area contributed by atoms with Crippen molar-refractivity contribution in [3.8, 4) is 5.75 Å². The molecule has 0 unspecified atom stereocenters. The van der Waals surface area contributed by atoms with Gasteiger partial charge in [-0.3, -0.25) is 4.79 Å². The van der Waals surface area contributed by atoms with Crippen molar-refractivity contribution in [1.82, 2.24) is 0 Å². The summed E-state index contributed by atoms with van der Waals surface area (Å²) < 4.78 is 0. The van der Waals surface area contributed by atoms with Gasteiger partial charge in [0.2, 0.25) is 0 Å². The Morgan fingerprint density at radius 2 is 1.30 bits per heavy atom. The highest BCUT2D eigenvalue weighted by Crippen LogP contribution is 2.43. The van der Waals surface area contributed by atoms with Crippen LogP contribution < -0.4 is 5.32 Å². The van der Waals surface area contributed by atoms with E-state index < -0.39 is 0 Å². The van der Waals surface area contributed by atoms with E-state index in [1.54, 1.807) is 18.2 Å². The van der Waals surface area contributed by atoms with Crippen molar-refractivity contribution in [3.63, 3.8) is 0 Å². The molecule has 2 N–H and O–H groups in total. The zero-order chi connectivity index (χ0) is 16.1. The van der Waals surface area contributed by atoms with E-state index in [0.717, 1.165) is 0 Å². The quantitative estimate of drug-likeness (QED) is 0.479. The fourth-order valence-corrected chi connectivity index (χ4v) is 3.16. The lowest BCUT2D eigenvalue weighted by atomic mass is 10.2. The SMILES string of the molecule is O=Cc1ccccc1O.c1ccc2c(c1)Nc1ccccc1S2. The number of carbonyl (C=O) groups excluding carboxylic acids is 1. The number of phenolic OH excluding ortho intramolecular Hbond substituents is 1. The number of benzene rings is 3. The molecule has 114 valence electrons. The molecule has 1 aliphatic heterocycles. The zero-order valence-electron chi connectivity index (χ0n) is 12.3. The van der Waals surface area contributed by atoms with Gasteiger partial charge in [0.05, 0.1) is 16.9 Å². The topological polar surface area (TPSA) is 49.3 Å². The highest BCUT2D eigenvalue weighted by Gasteiger charge is 2.13. The average Bonchev–Trinajstić information content (AvgIpc) is 2.61. The third-order valence-corrected chi connectivity index (χ3v) is 4.48. The molecular weight excluding hydrogens is 306 g/mol. The van der Waals surface area contributed by atoms with Crippen molar-refractivity contribution in [2.24, 2.45) is 0 Å². The minimum atomic E-state index is 0.0347. The van der Waals surface area contributed by atoms with Crippen LogP contribution in [0.1, 0.15) is 10.4 Å². The fourth-order valence-electron chi connectivity index (χ4n) is 2.17. The van der Waals surface area contributed by atoms with Gasteiger partial charge in [0.15, 0.2) is 6.29 Å².